The molecule has 4 rings (SSSR count). The Morgan fingerprint density at radius 3 is 2.73 bits per heavy atom. The van der Waals surface area contributed by atoms with E-state index in [2.05, 4.69) is 11.1 Å². The van der Waals surface area contributed by atoms with Crippen molar-refractivity contribution in [3.05, 3.63) is 71.8 Å². The van der Waals surface area contributed by atoms with Gasteiger partial charge in [-0.15, -0.1) is 0 Å². The lowest BCUT2D eigenvalue weighted by atomic mass is 10.1. The van der Waals surface area contributed by atoms with Gasteiger partial charge in [0.1, 0.15) is 6.10 Å². The Morgan fingerprint density at radius 2 is 1.92 bits per heavy atom. The van der Waals surface area contributed by atoms with Gasteiger partial charge in [0.2, 0.25) is 5.88 Å². The van der Waals surface area contributed by atoms with Gasteiger partial charge in [-0.2, -0.15) is 5.26 Å². The molecule has 0 aliphatic carbocycles. The average molecular weight is 343 g/mol. The molecule has 5 nitrogen and oxygen atoms in total. The largest absolute Gasteiger partial charge is 0.472 e. The van der Waals surface area contributed by atoms with Crippen molar-refractivity contribution in [3.63, 3.8) is 0 Å². The fraction of sp³-hybridized carbons (Fsp3) is 0.190. The number of ether oxygens (including phenoxy) is 1. The maximum Gasteiger partial charge on any atom is 0.253 e. The number of hydrogen-bond acceptors (Lipinski definition) is 4. The molecule has 0 bridgehead atoms. The number of hydrogen-bond donors (Lipinski definition) is 0. The summed E-state index contributed by atoms with van der Waals surface area (Å²) in [6.07, 6.45) is 0.710. The third kappa shape index (κ3) is 3.22. The molecule has 1 saturated heterocycles. The van der Waals surface area contributed by atoms with Crippen molar-refractivity contribution in [1.82, 2.24) is 9.88 Å². The van der Waals surface area contributed by atoms with Crippen LogP contribution in [-0.4, -0.2) is 35.0 Å². The number of rotatable bonds is 3. The minimum absolute atomic E-state index is 0.0351. The van der Waals surface area contributed by atoms with Crippen molar-refractivity contribution in [2.45, 2.75) is 12.5 Å². The van der Waals surface area contributed by atoms with Crippen LogP contribution in [0, 0.1) is 11.3 Å². The van der Waals surface area contributed by atoms with E-state index in [0.717, 1.165) is 17.3 Å². The van der Waals surface area contributed by atoms with Gasteiger partial charge in [-0.3, -0.25) is 4.79 Å². The Balaban J connectivity index is 1.42. The highest BCUT2D eigenvalue weighted by Crippen LogP contribution is 2.21. The first-order chi connectivity index (χ1) is 12.7. The van der Waals surface area contributed by atoms with Crippen LogP contribution in [0.3, 0.4) is 0 Å². The van der Waals surface area contributed by atoms with Crippen molar-refractivity contribution < 1.29 is 9.53 Å². The summed E-state index contributed by atoms with van der Waals surface area (Å²) in [7, 11) is 0. The number of pyridine rings is 1. The van der Waals surface area contributed by atoms with Crippen LogP contribution >= 0.6 is 0 Å². The van der Waals surface area contributed by atoms with Gasteiger partial charge in [0.25, 0.3) is 5.91 Å². The van der Waals surface area contributed by atoms with Crippen LogP contribution in [0.25, 0.3) is 10.9 Å². The molecule has 26 heavy (non-hydrogen) atoms. The van der Waals surface area contributed by atoms with E-state index in [0.29, 0.717) is 30.1 Å². The molecule has 0 N–H and O–H groups in total. The van der Waals surface area contributed by atoms with Gasteiger partial charge in [-0.05, 0) is 36.4 Å². The Hall–Kier alpha value is -3.39. The van der Waals surface area contributed by atoms with Crippen LogP contribution in [0.4, 0.5) is 0 Å². The standard InChI is InChI=1S/C21H17N3O2/c22-13-15-5-7-17(8-6-15)21(25)24-12-11-18(14-24)26-20-10-9-16-3-1-2-4-19(16)23-20/h1-10,18H,11-12,14H2. The van der Waals surface area contributed by atoms with Gasteiger partial charge in [0.05, 0.1) is 23.7 Å². The molecule has 1 aliphatic heterocycles. The van der Waals surface area contributed by atoms with Gasteiger partial charge in [-0.25, -0.2) is 4.98 Å². The number of likely N-dealkylation sites (tertiary alicyclic amines) is 1. The van der Waals surface area contributed by atoms with Crippen molar-refractivity contribution >= 4 is 16.8 Å². The van der Waals surface area contributed by atoms with Crippen molar-refractivity contribution in [2.24, 2.45) is 0 Å². The van der Waals surface area contributed by atoms with E-state index in [1.54, 1.807) is 29.2 Å². The summed E-state index contributed by atoms with van der Waals surface area (Å²) in [4.78, 5) is 18.9. The minimum Gasteiger partial charge on any atom is -0.472 e. The van der Waals surface area contributed by atoms with Crippen LogP contribution in [0.2, 0.25) is 0 Å². The second kappa shape index (κ2) is 6.85. The van der Waals surface area contributed by atoms with E-state index in [1.165, 1.54) is 0 Å². The van der Waals surface area contributed by atoms with Crippen LogP contribution in [0.15, 0.2) is 60.7 Å². The van der Waals surface area contributed by atoms with Gasteiger partial charge in [-0.1, -0.05) is 18.2 Å². The maximum atomic E-state index is 12.6. The summed E-state index contributed by atoms with van der Waals surface area (Å²) in [5.41, 5.74) is 2.04. The predicted molar refractivity (Wildman–Crippen MR) is 97.8 cm³/mol. The molecular weight excluding hydrogens is 326 g/mol. The summed E-state index contributed by atoms with van der Waals surface area (Å²) >= 11 is 0. The lowest BCUT2D eigenvalue weighted by molar-refractivity contribution is 0.0771. The molecular formula is C21H17N3O2. The number of carbonyl (C=O) groups excluding carboxylic acids is 1. The van der Waals surface area contributed by atoms with Gasteiger partial charge < -0.3 is 9.64 Å². The second-order valence-corrected chi connectivity index (χ2v) is 6.31. The summed E-state index contributed by atoms with van der Waals surface area (Å²) in [6.45, 7) is 1.18. The van der Waals surface area contributed by atoms with E-state index in [1.807, 2.05) is 36.4 Å². The monoisotopic (exact) mass is 343 g/mol. The highest BCUT2D eigenvalue weighted by Gasteiger charge is 2.28. The normalized spacial score (nSPS) is 16.4. The fourth-order valence-electron chi connectivity index (χ4n) is 3.16. The molecule has 1 atom stereocenters. The lowest BCUT2D eigenvalue weighted by Gasteiger charge is -2.17. The maximum absolute atomic E-state index is 12.6. The minimum atomic E-state index is -0.0639. The first-order valence-electron chi connectivity index (χ1n) is 8.55. The molecule has 1 aliphatic rings. The third-order valence-electron chi connectivity index (χ3n) is 4.55. The van der Waals surface area contributed by atoms with E-state index >= 15 is 0 Å². The molecule has 128 valence electrons. The van der Waals surface area contributed by atoms with E-state index in [4.69, 9.17) is 10.00 Å². The molecule has 0 spiro atoms. The van der Waals surface area contributed by atoms with E-state index in [-0.39, 0.29) is 12.0 Å². The Labute approximate surface area is 151 Å². The zero-order valence-corrected chi connectivity index (χ0v) is 14.1. The van der Waals surface area contributed by atoms with E-state index in [9.17, 15) is 4.79 Å². The number of nitrogens with zero attached hydrogens (tertiary/aromatic N) is 3. The zero-order chi connectivity index (χ0) is 17.9. The first-order valence-corrected chi connectivity index (χ1v) is 8.55. The zero-order valence-electron chi connectivity index (χ0n) is 14.1. The van der Waals surface area contributed by atoms with Crippen molar-refractivity contribution in [1.29, 1.82) is 5.26 Å². The van der Waals surface area contributed by atoms with Gasteiger partial charge in [0, 0.05) is 30.0 Å². The topological polar surface area (TPSA) is 66.2 Å². The third-order valence-corrected chi connectivity index (χ3v) is 4.55. The van der Waals surface area contributed by atoms with Crippen LogP contribution in [0.1, 0.15) is 22.3 Å². The van der Waals surface area contributed by atoms with Gasteiger partial charge in [0.15, 0.2) is 0 Å². The molecule has 2 heterocycles. The summed E-state index contributed by atoms with van der Waals surface area (Å²) in [6, 6.07) is 20.5. The number of aromatic nitrogens is 1. The first kappa shape index (κ1) is 16.1. The summed E-state index contributed by atoms with van der Waals surface area (Å²) < 4.78 is 5.99. The van der Waals surface area contributed by atoms with Crippen LogP contribution in [-0.2, 0) is 0 Å². The number of amides is 1. The van der Waals surface area contributed by atoms with Crippen LogP contribution in [0.5, 0.6) is 5.88 Å². The number of carbonyl (C=O) groups is 1. The fourth-order valence-corrected chi connectivity index (χ4v) is 3.16. The number of nitriles is 1. The summed E-state index contributed by atoms with van der Waals surface area (Å²) in [5.74, 6) is 0.549. The molecule has 5 heteroatoms. The van der Waals surface area contributed by atoms with Crippen molar-refractivity contribution in [3.8, 4) is 11.9 Å². The molecule has 3 aromatic rings. The van der Waals surface area contributed by atoms with Crippen LogP contribution < -0.4 is 4.74 Å². The molecule has 1 amide bonds. The second-order valence-electron chi connectivity index (χ2n) is 6.31. The Morgan fingerprint density at radius 1 is 1.12 bits per heavy atom. The molecule has 0 saturated carbocycles. The number of benzene rings is 2. The summed E-state index contributed by atoms with van der Waals surface area (Å²) in [5, 5.41) is 9.92. The molecule has 1 fully saturated rings. The molecule has 2 aromatic carbocycles. The quantitative estimate of drug-likeness (QED) is 0.731. The molecule has 0 radical (unpaired) electrons. The highest BCUT2D eigenvalue weighted by molar-refractivity contribution is 5.94. The smallest absolute Gasteiger partial charge is 0.253 e. The van der Waals surface area contributed by atoms with Crippen molar-refractivity contribution in [2.75, 3.05) is 13.1 Å². The molecule has 1 aromatic heterocycles. The SMILES string of the molecule is N#Cc1ccc(C(=O)N2CCC(Oc3ccc4ccccc4n3)C2)cc1. The lowest BCUT2D eigenvalue weighted by Crippen LogP contribution is -2.31. The number of fused-ring (bicyclic) bond motifs is 1. The van der Waals surface area contributed by atoms with Gasteiger partial charge >= 0.3 is 0 Å². The highest BCUT2D eigenvalue weighted by atomic mass is 16.5. The average Bonchev–Trinajstić information content (AvgIpc) is 3.16. The Bertz CT molecular complexity index is 992. The molecule has 1 unspecified atom stereocenters. The Kier molecular flexibility index (Phi) is 4.24. The predicted octanol–water partition coefficient (Wildman–Crippen LogP) is 3.40. The van der Waals surface area contributed by atoms with E-state index < -0.39 is 0 Å². The number of para-hydroxylation sites is 1.